The van der Waals surface area contributed by atoms with Crippen molar-refractivity contribution in [3.63, 3.8) is 0 Å². The molecular formula is C25H32N4O3. The second kappa shape index (κ2) is 10.4. The van der Waals surface area contributed by atoms with E-state index in [9.17, 15) is 4.79 Å². The number of fused-ring (bicyclic) bond motifs is 1. The average molecular weight is 437 g/mol. The highest BCUT2D eigenvalue weighted by atomic mass is 16.5. The van der Waals surface area contributed by atoms with Crippen LogP contribution in [0.15, 0.2) is 46.6 Å². The molecule has 2 aromatic carbocycles. The van der Waals surface area contributed by atoms with Gasteiger partial charge in [-0.1, -0.05) is 18.2 Å². The predicted octanol–water partition coefficient (Wildman–Crippen LogP) is 4.04. The fourth-order valence-corrected chi connectivity index (χ4v) is 3.91. The van der Waals surface area contributed by atoms with Gasteiger partial charge in [0.2, 0.25) is 5.91 Å². The molecule has 32 heavy (non-hydrogen) atoms. The molecule has 7 nitrogen and oxygen atoms in total. The third kappa shape index (κ3) is 5.53. The average Bonchev–Trinajstić information content (AvgIpc) is 3.15. The van der Waals surface area contributed by atoms with Crippen LogP contribution in [-0.4, -0.2) is 37.2 Å². The number of carbonyl (C=O) groups is 1. The van der Waals surface area contributed by atoms with E-state index in [1.165, 1.54) is 12.7 Å². The summed E-state index contributed by atoms with van der Waals surface area (Å²) in [5.74, 6) is 0.564. The lowest BCUT2D eigenvalue weighted by Crippen LogP contribution is -2.30. The summed E-state index contributed by atoms with van der Waals surface area (Å²) in [6.07, 6.45) is 1.81. The van der Waals surface area contributed by atoms with Crippen molar-refractivity contribution in [3.05, 3.63) is 58.7 Å². The predicted molar refractivity (Wildman–Crippen MR) is 129 cm³/mol. The maximum Gasteiger partial charge on any atom is 0.246 e. The minimum absolute atomic E-state index is 0.000171. The van der Waals surface area contributed by atoms with Gasteiger partial charge in [0.15, 0.2) is 0 Å². The van der Waals surface area contributed by atoms with Gasteiger partial charge in [-0.25, -0.2) is 0 Å². The summed E-state index contributed by atoms with van der Waals surface area (Å²) in [7, 11) is 1.52. The SMILES string of the molecule is COCC(=O)NC1CCc2c(/C(C)=N/N=C(\C)c3ccc(OC(C)C)c(N)c3)cccc21. The zero-order chi connectivity index (χ0) is 23.3. The molecule has 0 saturated carbocycles. The second-order valence-corrected chi connectivity index (χ2v) is 8.26. The van der Waals surface area contributed by atoms with Crippen molar-refractivity contribution < 1.29 is 14.3 Å². The van der Waals surface area contributed by atoms with E-state index in [2.05, 4.69) is 27.7 Å². The molecular weight excluding hydrogens is 404 g/mol. The summed E-state index contributed by atoms with van der Waals surface area (Å²) < 4.78 is 10.6. The van der Waals surface area contributed by atoms with Crippen molar-refractivity contribution in [2.24, 2.45) is 10.2 Å². The number of nitrogens with zero attached hydrogens (tertiary/aromatic N) is 2. The van der Waals surface area contributed by atoms with Gasteiger partial charge in [0, 0.05) is 12.7 Å². The van der Waals surface area contributed by atoms with Crippen LogP contribution in [0.5, 0.6) is 5.75 Å². The zero-order valence-electron chi connectivity index (χ0n) is 19.4. The van der Waals surface area contributed by atoms with Gasteiger partial charge in [-0.3, -0.25) is 4.79 Å². The molecule has 0 bridgehead atoms. The van der Waals surface area contributed by atoms with Crippen LogP contribution in [-0.2, 0) is 16.0 Å². The third-order valence-electron chi connectivity index (χ3n) is 5.41. The monoisotopic (exact) mass is 436 g/mol. The molecule has 0 saturated heterocycles. The van der Waals surface area contributed by atoms with Gasteiger partial charge in [0.25, 0.3) is 0 Å². The van der Waals surface area contributed by atoms with Crippen LogP contribution in [0.1, 0.15) is 62.4 Å². The molecule has 1 aliphatic carbocycles. The number of nitrogens with one attached hydrogen (secondary N) is 1. The Balaban J connectivity index is 1.79. The lowest BCUT2D eigenvalue weighted by molar-refractivity contribution is -0.125. The van der Waals surface area contributed by atoms with Gasteiger partial charge in [0.05, 0.1) is 29.3 Å². The van der Waals surface area contributed by atoms with Crippen molar-refractivity contribution in [3.8, 4) is 5.75 Å². The first-order valence-electron chi connectivity index (χ1n) is 10.9. The first kappa shape index (κ1) is 23.5. The Morgan fingerprint density at radius 3 is 2.62 bits per heavy atom. The molecule has 3 N–H and O–H groups in total. The first-order chi connectivity index (χ1) is 15.3. The lowest BCUT2D eigenvalue weighted by Gasteiger charge is -2.14. The van der Waals surface area contributed by atoms with Gasteiger partial charge < -0.3 is 20.5 Å². The van der Waals surface area contributed by atoms with Crippen molar-refractivity contribution in [2.45, 2.75) is 52.7 Å². The number of methoxy groups -OCH3 is 1. The summed E-state index contributed by atoms with van der Waals surface area (Å²) in [6, 6.07) is 11.8. The van der Waals surface area contributed by atoms with Gasteiger partial charge in [-0.15, -0.1) is 0 Å². The summed E-state index contributed by atoms with van der Waals surface area (Å²) in [5.41, 5.74) is 12.6. The maximum atomic E-state index is 11.9. The van der Waals surface area contributed by atoms with Gasteiger partial charge in [-0.2, -0.15) is 10.2 Å². The normalized spacial score (nSPS) is 16.2. The molecule has 1 aliphatic rings. The van der Waals surface area contributed by atoms with Gasteiger partial charge in [-0.05, 0) is 75.4 Å². The largest absolute Gasteiger partial charge is 0.489 e. The van der Waals surface area contributed by atoms with Crippen molar-refractivity contribution in [2.75, 3.05) is 19.5 Å². The van der Waals surface area contributed by atoms with E-state index < -0.39 is 0 Å². The zero-order valence-corrected chi connectivity index (χ0v) is 19.4. The van der Waals surface area contributed by atoms with Crippen molar-refractivity contribution in [1.29, 1.82) is 0 Å². The van der Waals surface area contributed by atoms with E-state index in [1.54, 1.807) is 0 Å². The van der Waals surface area contributed by atoms with Gasteiger partial charge >= 0.3 is 0 Å². The topological polar surface area (TPSA) is 98.3 Å². The molecule has 0 fully saturated rings. The highest BCUT2D eigenvalue weighted by Crippen LogP contribution is 2.33. The van der Waals surface area contributed by atoms with E-state index in [4.69, 9.17) is 15.2 Å². The number of nitrogens with two attached hydrogens (primary N) is 1. The second-order valence-electron chi connectivity index (χ2n) is 8.26. The molecule has 2 aromatic rings. The molecule has 1 atom stereocenters. The lowest BCUT2D eigenvalue weighted by atomic mass is 9.99. The number of nitrogen functional groups attached to an aromatic ring is 1. The molecule has 1 unspecified atom stereocenters. The van der Waals surface area contributed by atoms with E-state index in [-0.39, 0.29) is 24.7 Å². The molecule has 0 spiro atoms. The van der Waals surface area contributed by atoms with Crippen molar-refractivity contribution >= 4 is 23.0 Å². The number of carbonyl (C=O) groups excluding carboxylic acids is 1. The van der Waals surface area contributed by atoms with E-state index >= 15 is 0 Å². The van der Waals surface area contributed by atoms with Crippen LogP contribution in [0.4, 0.5) is 5.69 Å². The Labute approximate surface area is 189 Å². The van der Waals surface area contributed by atoms with E-state index in [0.29, 0.717) is 11.4 Å². The molecule has 0 aliphatic heterocycles. The standard InChI is InChI=1S/C25H32N4O3/c1-15(2)32-24-12-9-18(13-22(24)26)16(3)28-29-17(4)19-7-6-8-21-20(19)10-11-23(21)27-25(30)14-31-5/h6-9,12-13,15,23H,10-11,14,26H2,1-5H3,(H,27,30)/b28-16+,29-17+. The van der Waals surface area contributed by atoms with Crippen molar-refractivity contribution in [1.82, 2.24) is 5.32 Å². The third-order valence-corrected chi connectivity index (χ3v) is 5.41. The molecule has 7 heteroatoms. The van der Waals surface area contributed by atoms with Crippen LogP contribution in [0.3, 0.4) is 0 Å². The summed E-state index contributed by atoms with van der Waals surface area (Å²) in [4.78, 5) is 11.9. The number of anilines is 1. The van der Waals surface area contributed by atoms with E-state index in [0.717, 1.165) is 41.0 Å². The Morgan fingerprint density at radius 1 is 1.19 bits per heavy atom. The van der Waals surface area contributed by atoms with E-state index in [1.807, 2.05) is 52.0 Å². The molecule has 0 heterocycles. The Hall–Kier alpha value is -3.19. The number of rotatable bonds is 8. The number of amides is 1. The molecule has 0 radical (unpaired) electrons. The number of benzene rings is 2. The smallest absolute Gasteiger partial charge is 0.246 e. The minimum atomic E-state index is -0.106. The number of ether oxygens (including phenoxy) is 2. The number of hydrogen-bond donors (Lipinski definition) is 2. The van der Waals surface area contributed by atoms with Crippen LogP contribution in [0.25, 0.3) is 0 Å². The fraction of sp³-hybridized carbons (Fsp3) is 0.400. The minimum Gasteiger partial charge on any atom is -0.489 e. The van der Waals surface area contributed by atoms with Crippen LogP contribution < -0.4 is 15.8 Å². The quantitative estimate of drug-likeness (QED) is 0.371. The Kier molecular flexibility index (Phi) is 7.64. The first-order valence-corrected chi connectivity index (χ1v) is 10.9. The maximum absolute atomic E-state index is 11.9. The molecule has 170 valence electrons. The summed E-state index contributed by atoms with van der Waals surface area (Å²) in [6.45, 7) is 7.86. The van der Waals surface area contributed by atoms with Crippen LogP contribution >= 0.6 is 0 Å². The fourth-order valence-electron chi connectivity index (χ4n) is 3.91. The van der Waals surface area contributed by atoms with Crippen LogP contribution in [0, 0.1) is 0 Å². The Bertz CT molecular complexity index is 1040. The molecule has 3 rings (SSSR count). The number of hydrogen-bond acceptors (Lipinski definition) is 6. The highest BCUT2D eigenvalue weighted by molar-refractivity contribution is 6.03. The molecule has 0 aromatic heterocycles. The Morgan fingerprint density at radius 2 is 1.94 bits per heavy atom. The molecule has 1 amide bonds. The highest BCUT2D eigenvalue weighted by Gasteiger charge is 2.26. The summed E-state index contributed by atoms with van der Waals surface area (Å²) in [5, 5.41) is 12.0. The van der Waals surface area contributed by atoms with Crippen LogP contribution in [0.2, 0.25) is 0 Å². The summed E-state index contributed by atoms with van der Waals surface area (Å²) >= 11 is 0. The van der Waals surface area contributed by atoms with Gasteiger partial charge in [0.1, 0.15) is 12.4 Å².